The predicted octanol–water partition coefficient (Wildman–Crippen LogP) is 2.63. The maximum absolute atomic E-state index is 12.6. The summed E-state index contributed by atoms with van der Waals surface area (Å²) in [7, 11) is 2.52. The summed E-state index contributed by atoms with van der Waals surface area (Å²) in [5, 5.41) is 3.04. The number of amides is 1. The molecule has 0 atom stereocenters. The van der Waals surface area contributed by atoms with Crippen LogP contribution in [0, 0.1) is 6.92 Å². The third kappa shape index (κ3) is 3.66. The van der Waals surface area contributed by atoms with E-state index in [9.17, 15) is 14.4 Å². The van der Waals surface area contributed by atoms with Crippen LogP contribution < -0.4 is 10.2 Å². The number of nitrogens with zero attached hydrogens (tertiary/aromatic N) is 1. The highest BCUT2D eigenvalue weighted by Gasteiger charge is 2.27. The number of esters is 2. The van der Waals surface area contributed by atoms with E-state index in [0.29, 0.717) is 5.56 Å². The molecular weight excluding hydrogens is 368 g/mol. The van der Waals surface area contributed by atoms with Crippen molar-refractivity contribution in [3.8, 4) is 0 Å². The van der Waals surface area contributed by atoms with Crippen molar-refractivity contribution in [3.63, 3.8) is 0 Å². The maximum atomic E-state index is 12.6. The Labute approximate surface area is 160 Å². The quantitative estimate of drug-likeness (QED) is 0.793. The van der Waals surface area contributed by atoms with Crippen molar-refractivity contribution in [3.05, 3.63) is 45.8 Å². The van der Waals surface area contributed by atoms with Gasteiger partial charge in [0, 0.05) is 12.2 Å². The van der Waals surface area contributed by atoms with Crippen LogP contribution in [0.2, 0.25) is 0 Å². The van der Waals surface area contributed by atoms with Crippen molar-refractivity contribution in [1.29, 1.82) is 0 Å². The molecule has 1 aliphatic rings. The number of thiophene rings is 1. The Balaban J connectivity index is 1.81. The van der Waals surface area contributed by atoms with Crippen molar-refractivity contribution < 1.29 is 23.9 Å². The molecule has 2 heterocycles. The van der Waals surface area contributed by atoms with Gasteiger partial charge in [-0.15, -0.1) is 11.3 Å². The molecule has 0 spiro atoms. The number of ether oxygens (including phenoxy) is 2. The number of methoxy groups -OCH3 is 2. The number of hydrogen-bond acceptors (Lipinski definition) is 7. The number of carbonyl (C=O) groups is 3. The van der Waals surface area contributed by atoms with Gasteiger partial charge in [-0.25, -0.2) is 9.59 Å². The second-order valence-electron chi connectivity index (χ2n) is 6.09. The van der Waals surface area contributed by atoms with E-state index in [0.717, 1.165) is 30.0 Å². The summed E-state index contributed by atoms with van der Waals surface area (Å²) < 4.78 is 9.55. The molecule has 0 bridgehead atoms. The SMILES string of the molecule is COC(=O)c1sc(NC(=O)CN2CCc3ccccc32)c(C(=O)OC)c1C. The summed E-state index contributed by atoms with van der Waals surface area (Å²) in [5.74, 6) is -1.44. The van der Waals surface area contributed by atoms with Crippen LogP contribution in [0.25, 0.3) is 0 Å². The van der Waals surface area contributed by atoms with Gasteiger partial charge in [-0.1, -0.05) is 18.2 Å². The molecule has 1 aromatic heterocycles. The highest BCUT2D eigenvalue weighted by atomic mass is 32.1. The van der Waals surface area contributed by atoms with E-state index in [1.54, 1.807) is 6.92 Å². The number of para-hydroxylation sites is 1. The molecule has 8 heteroatoms. The van der Waals surface area contributed by atoms with Gasteiger partial charge in [-0.05, 0) is 30.5 Å². The number of hydrogen-bond donors (Lipinski definition) is 1. The summed E-state index contributed by atoms with van der Waals surface area (Å²) >= 11 is 1.01. The third-order valence-corrected chi connectivity index (χ3v) is 5.67. The lowest BCUT2D eigenvalue weighted by Crippen LogP contribution is -2.32. The van der Waals surface area contributed by atoms with Crippen LogP contribution in [0.15, 0.2) is 24.3 Å². The van der Waals surface area contributed by atoms with Crippen LogP contribution in [0.3, 0.4) is 0 Å². The molecule has 1 N–H and O–H groups in total. The molecule has 2 aromatic rings. The number of carbonyl (C=O) groups excluding carboxylic acids is 3. The lowest BCUT2D eigenvalue weighted by molar-refractivity contribution is -0.114. The smallest absolute Gasteiger partial charge is 0.348 e. The van der Waals surface area contributed by atoms with E-state index in [4.69, 9.17) is 9.47 Å². The van der Waals surface area contributed by atoms with Crippen molar-refractivity contribution in [2.24, 2.45) is 0 Å². The zero-order valence-electron chi connectivity index (χ0n) is 15.3. The van der Waals surface area contributed by atoms with Crippen LogP contribution in [0.5, 0.6) is 0 Å². The fraction of sp³-hybridized carbons (Fsp3) is 0.316. The molecule has 0 saturated heterocycles. The topological polar surface area (TPSA) is 84.9 Å². The molecule has 0 unspecified atom stereocenters. The van der Waals surface area contributed by atoms with Crippen molar-refractivity contribution in [2.75, 3.05) is 37.5 Å². The van der Waals surface area contributed by atoms with E-state index in [-0.39, 0.29) is 27.9 Å². The summed E-state index contributed by atoms with van der Waals surface area (Å²) in [6, 6.07) is 7.96. The predicted molar refractivity (Wildman–Crippen MR) is 103 cm³/mol. The van der Waals surface area contributed by atoms with Gasteiger partial charge in [0.2, 0.25) is 5.91 Å². The average Bonchev–Trinajstić information content (AvgIpc) is 3.21. The molecule has 0 aliphatic carbocycles. The first kappa shape index (κ1) is 18.9. The van der Waals surface area contributed by atoms with Crippen molar-refractivity contribution in [2.45, 2.75) is 13.3 Å². The number of anilines is 2. The Kier molecular flexibility index (Phi) is 5.46. The minimum atomic E-state index is -0.610. The summed E-state index contributed by atoms with van der Waals surface area (Å²) in [5.41, 5.74) is 2.86. The van der Waals surface area contributed by atoms with E-state index < -0.39 is 11.9 Å². The minimum absolute atomic E-state index is 0.155. The zero-order chi connectivity index (χ0) is 19.6. The van der Waals surface area contributed by atoms with Gasteiger partial charge in [-0.2, -0.15) is 0 Å². The lowest BCUT2D eigenvalue weighted by Gasteiger charge is -2.18. The van der Waals surface area contributed by atoms with Gasteiger partial charge < -0.3 is 19.7 Å². The number of fused-ring (bicyclic) bond motifs is 1. The number of nitrogens with one attached hydrogen (secondary N) is 1. The Morgan fingerprint density at radius 2 is 1.85 bits per heavy atom. The molecule has 142 valence electrons. The number of benzene rings is 1. The van der Waals surface area contributed by atoms with Crippen molar-refractivity contribution >= 4 is 39.9 Å². The lowest BCUT2D eigenvalue weighted by atomic mass is 10.1. The monoisotopic (exact) mass is 388 g/mol. The largest absolute Gasteiger partial charge is 0.465 e. The Morgan fingerprint density at radius 1 is 1.15 bits per heavy atom. The standard InChI is InChI=1S/C19H20N2O5S/c1-11-15(18(23)25-2)17(27-16(11)19(24)26-3)20-14(22)10-21-9-8-12-6-4-5-7-13(12)21/h4-7H,8-10H2,1-3H3,(H,20,22). The molecule has 1 amide bonds. The Bertz CT molecular complexity index is 906. The van der Waals surface area contributed by atoms with Crippen LogP contribution in [0.4, 0.5) is 10.7 Å². The molecule has 1 aromatic carbocycles. The fourth-order valence-corrected chi connectivity index (χ4v) is 4.28. The third-order valence-electron chi connectivity index (χ3n) is 4.48. The first-order chi connectivity index (χ1) is 13.0. The Hall–Kier alpha value is -2.87. The average molecular weight is 388 g/mol. The van der Waals surface area contributed by atoms with Crippen LogP contribution in [-0.4, -0.2) is 45.2 Å². The number of rotatable bonds is 5. The van der Waals surface area contributed by atoms with Gasteiger partial charge in [0.25, 0.3) is 0 Å². The van der Waals surface area contributed by atoms with Gasteiger partial charge in [-0.3, -0.25) is 4.79 Å². The van der Waals surface area contributed by atoms with Gasteiger partial charge >= 0.3 is 11.9 Å². The van der Waals surface area contributed by atoms with Gasteiger partial charge in [0.15, 0.2) is 0 Å². The molecule has 27 heavy (non-hydrogen) atoms. The highest BCUT2D eigenvalue weighted by molar-refractivity contribution is 7.18. The maximum Gasteiger partial charge on any atom is 0.348 e. The van der Waals surface area contributed by atoms with Crippen LogP contribution in [-0.2, 0) is 20.7 Å². The second kappa shape index (κ2) is 7.79. The normalized spacial score (nSPS) is 12.5. The van der Waals surface area contributed by atoms with E-state index in [1.165, 1.54) is 19.8 Å². The van der Waals surface area contributed by atoms with E-state index >= 15 is 0 Å². The van der Waals surface area contributed by atoms with Crippen LogP contribution in [0.1, 0.15) is 31.2 Å². The summed E-state index contributed by atoms with van der Waals surface area (Å²) in [6.07, 6.45) is 0.890. The van der Waals surface area contributed by atoms with Crippen molar-refractivity contribution in [1.82, 2.24) is 0 Å². The summed E-state index contributed by atoms with van der Waals surface area (Å²) in [4.78, 5) is 38.9. The molecule has 0 fully saturated rings. The fourth-order valence-electron chi connectivity index (χ4n) is 3.15. The first-order valence-electron chi connectivity index (χ1n) is 8.39. The minimum Gasteiger partial charge on any atom is -0.465 e. The molecule has 1 aliphatic heterocycles. The molecule has 7 nitrogen and oxygen atoms in total. The van der Waals surface area contributed by atoms with Crippen LogP contribution >= 0.6 is 11.3 Å². The first-order valence-corrected chi connectivity index (χ1v) is 9.20. The molecule has 3 rings (SSSR count). The van der Waals surface area contributed by atoms with Gasteiger partial charge in [0.1, 0.15) is 9.88 Å². The molecule has 0 saturated carbocycles. The highest BCUT2D eigenvalue weighted by Crippen LogP contribution is 2.34. The second-order valence-corrected chi connectivity index (χ2v) is 7.11. The van der Waals surface area contributed by atoms with Gasteiger partial charge in [0.05, 0.1) is 26.3 Å². The molecule has 0 radical (unpaired) electrons. The summed E-state index contributed by atoms with van der Waals surface area (Å²) in [6.45, 7) is 2.54. The Morgan fingerprint density at radius 3 is 2.56 bits per heavy atom. The van der Waals surface area contributed by atoms with E-state index in [1.807, 2.05) is 29.2 Å². The van der Waals surface area contributed by atoms with E-state index in [2.05, 4.69) is 5.32 Å². The zero-order valence-corrected chi connectivity index (χ0v) is 16.1. The molecular formula is C19H20N2O5S.